The number of thioether (sulfide) groups is 1. The Bertz CT molecular complexity index is 855. The van der Waals surface area contributed by atoms with Gasteiger partial charge < -0.3 is 15.8 Å². The number of benzene rings is 1. The fraction of sp³-hybridized carbons (Fsp3) is 0.267. The Balaban J connectivity index is 1.87. The van der Waals surface area contributed by atoms with Crippen LogP contribution >= 0.6 is 23.4 Å². The summed E-state index contributed by atoms with van der Waals surface area (Å²) in [6, 6.07) is 7.57. The highest BCUT2D eigenvalue weighted by Crippen LogP contribution is 2.24. The maximum absolute atomic E-state index is 9.26. The van der Waals surface area contributed by atoms with Gasteiger partial charge >= 0.3 is 0 Å². The number of aliphatic hydroxyl groups is 1. The maximum atomic E-state index is 9.26. The van der Waals surface area contributed by atoms with Gasteiger partial charge in [-0.1, -0.05) is 28.7 Å². The van der Waals surface area contributed by atoms with E-state index < -0.39 is 0 Å². The van der Waals surface area contributed by atoms with Crippen molar-refractivity contribution in [1.29, 1.82) is 0 Å². The Morgan fingerprint density at radius 2 is 2.29 bits per heavy atom. The van der Waals surface area contributed by atoms with Gasteiger partial charge in [0.2, 0.25) is 11.8 Å². The van der Waals surface area contributed by atoms with E-state index in [-0.39, 0.29) is 12.6 Å². The van der Waals surface area contributed by atoms with E-state index in [0.29, 0.717) is 38.9 Å². The molecular weight excluding hydrogens is 348 g/mol. The van der Waals surface area contributed by atoms with Gasteiger partial charge in [0.15, 0.2) is 5.52 Å². The van der Waals surface area contributed by atoms with Crippen molar-refractivity contribution >= 4 is 46.3 Å². The highest BCUT2D eigenvalue weighted by Gasteiger charge is 2.19. The van der Waals surface area contributed by atoms with Crippen LogP contribution in [0.5, 0.6) is 0 Å². The molecule has 24 heavy (non-hydrogen) atoms. The number of H-pyrrole nitrogens is 2. The zero-order valence-electron chi connectivity index (χ0n) is 13.0. The van der Waals surface area contributed by atoms with E-state index in [1.54, 1.807) is 0 Å². The number of fused-ring (bicyclic) bond motifs is 1. The highest BCUT2D eigenvalue weighted by molar-refractivity contribution is 7.98. The van der Waals surface area contributed by atoms with E-state index in [0.717, 1.165) is 5.56 Å². The summed E-state index contributed by atoms with van der Waals surface area (Å²) in [4.78, 5) is 14.9. The van der Waals surface area contributed by atoms with Crippen molar-refractivity contribution < 1.29 is 10.1 Å². The SMILES string of the molecule is C[C@H](CO)Nc1[nH+]c(SCc2cccc(Cl)c2)nc2nc(N)[nH]c12. The number of nitrogen functional groups attached to an aromatic ring is 1. The molecule has 6 N–H and O–H groups in total. The summed E-state index contributed by atoms with van der Waals surface area (Å²) < 4.78 is 0. The fourth-order valence-corrected chi connectivity index (χ4v) is 3.20. The van der Waals surface area contributed by atoms with Crippen LogP contribution in [-0.2, 0) is 5.75 Å². The van der Waals surface area contributed by atoms with Gasteiger partial charge in [-0.05, 0) is 36.4 Å². The molecular formula is C15H18ClN6OS+. The Kier molecular flexibility index (Phi) is 5.08. The van der Waals surface area contributed by atoms with Gasteiger partial charge in [0.25, 0.3) is 10.8 Å². The molecule has 9 heteroatoms. The van der Waals surface area contributed by atoms with E-state index in [9.17, 15) is 5.11 Å². The first-order valence-electron chi connectivity index (χ1n) is 7.38. The largest absolute Gasteiger partial charge is 0.393 e. The molecule has 3 aromatic rings. The summed E-state index contributed by atoms with van der Waals surface area (Å²) in [5.74, 6) is 1.70. The minimum absolute atomic E-state index is 0.00622. The van der Waals surface area contributed by atoms with Gasteiger partial charge in [-0.15, -0.1) is 0 Å². The van der Waals surface area contributed by atoms with Crippen molar-refractivity contribution in [3.8, 4) is 0 Å². The van der Waals surface area contributed by atoms with E-state index in [2.05, 4.69) is 25.3 Å². The number of aromatic amines is 2. The molecule has 0 aliphatic heterocycles. The lowest BCUT2D eigenvalue weighted by atomic mass is 10.2. The summed E-state index contributed by atoms with van der Waals surface area (Å²) in [5.41, 5.74) is 8.04. The summed E-state index contributed by atoms with van der Waals surface area (Å²) in [6.45, 7) is 1.88. The predicted octanol–water partition coefficient (Wildman–Crippen LogP) is 2.09. The van der Waals surface area contributed by atoms with Crippen molar-refractivity contribution in [2.75, 3.05) is 17.7 Å². The molecule has 0 radical (unpaired) electrons. The number of aromatic nitrogens is 4. The lowest BCUT2D eigenvalue weighted by Gasteiger charge is -2.07. The summed E-state index contributed by atoms with van der Waals surface area (Å²) in [5, 5.41) is 13.9. The average Bonchev–Trinajstić information content (AvgIpc) is 2.93. The fourth-order valence-electron chi connectivity index (χ4n) is 2.18. The summed E-state index contributed by atoms with van der Waals surface area (Å²) >= 11 is 7.54. The molecule has 0 aliphatic rings. The molecule has 1 atom stereocenters. The number of hydrogen-bond acceptors (Lipinski definition) is 6. The summed E-state index contributed by atoms with van der Waals surface area (Å²) in [7, 11) is 0. The molecule has 0 amide bonds. The lowest BCUT2D eigenvalue weighted by Crippen LogP contribution is -2.26. The first-order chi connectivity index (χ1) is 11.5. The van der Waals surface area contributed by atoms with Crippen molar-refractivity contribution in [3.05, 3.63) is 34.9 Å². The van der Waals surface area contributed by atoms with Crippen molar-refractivity contribution in [2.24, 2.45) is 0 Å². The Labute approximate surface area is 148 Å². The van der Waals surface area contributed by atoms with Crippen LogP contribution in [0, 0.1) is 0 Å². The average molecular weight is 366 g/mol. The third-order valence-corrected chi connectivity index (χ3v) is 4.50. The molecule has 2 heterocycles. The van der Waals surface area contributed by atoms with Gasteiger partial charge in [0.1, 0.15) is 0 Å². The molecule has 0 saturated carbocycles. The van der Waals surface area contributed by atoms with E-state index >= 15 is 0 Å². The van der Waals surface area contributed by atoms with Gasteiger partial charge in [0.05, 0.1) is 12.6 Å². The van der Waals surface area contributed by atoms with Gasteiger partial charge in [-0.2, -0.15) is 4.98 Å². The summed E-state index contributed by atoms with van der Waals surface area (Å²) in [6.07, 6.45) is 0. The smallest absolute Gasteiger partial charge is 0.299 e. The molecule has 0 bridgehead atoms. The highest BCUT2D eigenvalue weighted by atomic mass is 35.5. The van der Waals surface area contributed by atoms with Crippen LogP contribution in [0.25, 0.3) is 11.2 Å². The van der Waals surface area contributed by atoms with Gasteiger partial charge in [-0.25, -0.2) is 4.98 Å². The van der Waals surface area contributed by atoms with E-state index in [1.807, 2.05) is 31.2 Å². The number of aliphatic hydroxyl groups excluding tert-OH is 1. The first-order valence-corrected chi connectivity index (χ1v) is 8.74. The van der Waals surface area contributed by atoms with Gasteiger partial charge in [-0.3, -0.25) is 5.32 Å². The Hall–Kier alpha value is -2.03. The van der Waals surface area contributed by atoms with Crippen LogP contribution in [-0.4, -0.2) is 32.7 Å². The second-order valence-electron chi connectivity index (χ2n) is 5.38. The van der Waals surface area contributed by atoms with Gasteiger partial charge in [0, 0.05) is 10.8 Å². The number of anilines is 2. The molecule has 2 aromatic heterocycles. The number of nitrogens with two attached hydrogens (primary N) is 1. The van der Waals surface area contributed by atoms with Crippen LogP contribution in [0.3, 0.4) is 0 Å². The van der Waals surface area contributed by atoms with Crippen LogP contribution in [0.1, 0.15) is 12.5 Å². The Morgan fingerprint density at radius 1 is 1.46 bits per heavy atom. The predicted molar refractivity (Wildman–Crippen MR) is 96.0 cm³/mol. The van der Waals surface area contributed by atoms with Crippen LogP contribution in [0.15, 0.2) is 29.4 Å². The maximum Gasteiger partial charge on any atom is 0.299 e. The second kappa shape index (κ2) is 7.25. The standard InChI is InChI=1S/C15H17ClN6OS/c1-8(6-23)18-12-11-13(20-14(17)19-11)22-15(21-12)24-7-9-3-2-4-10(16)5-9/h2-5,8,23H,6-7H2,1H3,(H4,17,18,19,20,21,22)/p+1/t8-/m1/s1. The van der Waals surface area contributed by atoms with E-state index in [1.165, 1.54) is 11.8 Å². The number of nitrogens with zero attached hydrogens (tertiary/aromatic N) is 2. The molecule has 126 valence electrons. The second-order valence-corrected chi connectivity index (χ2v) is 6.78. The molecule has 1 aromatic carbocycles. The number of hydrogen-bond donors (Lipinski definition) is 4. The monoisotopic (exact) mass is 365 g/mol. The minimum atomic E-state index is -0.123. The van der Waals surface area contributed by atoms with Crippen molar-refractivity contribution in [1.82, 2.24) is 15.0 Å². The number of halogens is 1. The molecule has 0 unspecified atom stereocenters. The minimum Gasteiger partial charge on any atom is -0.393 e. The zero-order valence-corrected chi connectivity index (χ0v) is 14.6. The lowest BCUT2D eigenvalue weighted by molar-refractivity contribution is -0.416. The molecule has 0 aliphatic carbocycles. The van der Waals surface area contributed by atoms with E-state index in [4.69, 9.17) is 17.3 Å². The van der Waals surface area contributed by atoms with Crippen molar-refractivity contribution in [3.63, 3.8) is 0 Å². The molecule has 0 spiro atoms. The molecule has 0 saturated heterocycles. The third kappa shape index (κ3) is 3.89. The number of imidazole rings is 1. The van der Waals surface area contributed by atoms with Crippen LogP contribution in [0.4, 0.5) is 11.8 Å². The van der Waals surface area contributed by atoms with Crippen LogP contribution < -0.4 is 16.0 Å². The Morgan fingerprint density at radius 3 is 3.04 bits per heavy atom. The number of nitrogens with one attached hydrogen (secondary N) is 3. The van der Waals surface area contributed by atoms with Crippen LogP contribution in [0.2, 0.25) is 5.02 Å². The number of rotatable bonds is 6. The molecule has 3 rings (SSSR count). The van der Waals surface area contributed by atoms with Crippen molar-refractivity contribution in [2.45, 2.75) is 23.9 Å². The first kappa shape index (κ1) is 16.8. The molecule has 7 nitrogen and oxygen atoms in total. The topological polar surface area (TPSA) is 114 Å². The normalized spacial score (nSPS) is 12.5. The quantitative estimate of drug-likeness (QED) is 0.393. The zero-order chi connectivity index (χ0) is 17.1. The third-order valence-electron chi connectivity index (χ3n) is 3.32. The molecule has 0 fully saturated rings.